The van der Waals surface area contributed by atoms with Crippen LogP contribution in [-0.4, -0.2) is 23.5 Å². The summed E-state index contributed by atoms with van der Waals surface area (Å²) < 4.78 is 28.6. The predicted molar refractivity (Wildman–Crippen MR) is 133 cm³/mol. The molecule has 0 unspecified atom stereocenters. The Kier molecular flexibility index (Phi) is 6.50. The van der Waals surface area contributed by atoms with Crippen LogP contribution in [0.4, 0.5) is 0 Å². The van der Waals surface area contributed by atoms with Crippen molar-refractivity contribution in [1.29, 1.82) is 0 Å². The van der Waals surface area contributed by atoms with Crippen molar-refractivity contribution in [1.82, 2.24) is 9.29 Å². The maximum atomic E-state index is 13.6. The Hall–Kier alpha value is -3.55. The van der Waals surface area contributed by atoms with E-state index in [1.807, 2.05) is 56.3 Å². The van der Waals surface area contributed by atoms with Crippen molar-refractivity contribution in [2.75, 3.05) is 0 Å². The lowest BCUT2D eigenvalue weighted by molar-refractivity contribution is 0.101. The van der Waals surface area contributed by atoms with Crippen molar-refractivity contribution in [2.45, 2.75) is 38.8 Å². The molecule has 1 heterocycles. The highest BCUT2D eigenvalue weighted by molar-refractivity contribution is 7.89. The molecule has 1 aromatic heterocycles. The molecule has 0 radical (unpaired) electrons. The van der Waals surface area contributed by atoms with Crippen molar-refractivity contribution in [3.8, 4) is 0 Å². The van der Waals surface area contributed by atoms with Crippen LogP contribution in [0.1, 0.15) is 39.5 Å². The number of hydrogen-bond acceptors (Lipinski definition) is 4. The number of fused-ring (bicyclic) bond motifs is 1. The lowest BCUT2D eigenvalue weighted by Gasteiger charge is -2.23. The van der Waals surface area contributed by atoms with E-state index in [-0.39, 0.29) is 29.3 Å². The number of aryl methyl sites for hydroxylation is 2. The summed E-state index contributed by atoms with van der Waals surface area (Å²) in [5.74, 6) is -0.140. The number of nitrogens with zero attached hydrogens (tertiary/aromatic N) is 1. The zero-order valence-electron chi connectivity index (χ0n) is 19.3. The van der Waals surface area contributed by atoms with Crippen molar-refractivity contribution in [2.24, 2.45) is 0 Å². The topological polar surface area (TPSA) is 87.3 Å². The summed E-state index contributed by atoms with van der Waals surface area (Å²) in [6.45, 7) is 5.36. The van der Waals surface area contributed by atoms with Crippen LogP contribution in [0, 0.1) is 13.8 Å². The van der Waals surface area contributed by atoms with Crippen LogP contribution in [0.3, 0.4) is 0 Å². The van der Waals surface area contributed by atoms with E-state index in [0.717, 1.165) is 27.6 Å². The minimum absolute atomic E-state index is 0.0671. The van der Waals surface area contributed by atoms with E-state index < -0.39 is 10.0 Å². The zero-order valence-corrected chi connectivity index (χ0v) is 20.1. The molecule has 4 aromatic rings. The van der Waals surface area contributed by atoms with E-state index in [0.29, 0.717) is 11.1 Å². The van der Waals surface area contributed by atoms with Crippen LogP contribution in [0.2, 0.25) is 0 Å². The maximum absolute atomic E-state index is 13.6. The van der Waals surface area contributed by atoms with Crippen molar-refractivity contribution in [3.05, 3.63) is 111 Å². The van der Waals surface area contributed by atoms with E-state index in [4.69, 9.17) is 0 Å². The number of hydrogen-bond donors (Lipinski definition) is 1. The molecule has 0 aliphatic carbocycles. The quantitative estimate of drug-likeness (QED) is 0.392. The molecule has 0 spiro atoms. The minimum atomic E-state index is -3.96. The third-order valence-corrected chi connectivity index (χ3v) is 7.64. The number of benzene rings is 3. The van der Waals surface area contributed by atoms with Gasteiger partial charge in [-0.1, -0.05) is 48.5 Å². The number of carbonyl (C=O) groups is 1. The van der Waals surface area contributed by atoms with E-state index in [2.05, 4.69) is 4.98 Å². The van der Waals surface area contributed by atoms with Gasteiger partial charge in [0.25, 0.3) is 5.56 Å². The molecule has 0 saturated heterocycles. The van der Waals surface area contributed by atoms with Gasteiger partial charge < -0.3 is 4.98 Å². The van der Waals surface area contributed by atoms with Gasteiger partial charge in [0.15, 0.2) is 5.78 Å². The molecule has 3 aromatic carbocycles. The first-order valence-electron chi connectivity index (χ1n) is 10.9. The second kappa shape index (κ2) is 9.37. The van der Waals surface area contributed by atoms with Crippen LogP contribution in [0.25, 0.3) is 10.9 Å². The van der Waals surface area contributed by atoms with Crippen molar-refractivity contribution < 1.29 is 13.2 Å². The number of nitrogens with one attached hydrogen (secondary N) is 1. The average Bonchev–Trinajstić information content (AvgIpc) is 2.80. The van der Waals surface area contributed by atoms with Gasteiger partial charge in [0.1, 0.15) is 0 Å². The van der Waals surface area contributed by atoms with Gasteiger partial charge in [0, 0.05) is 35.1 Å². The Morgan fingerprint density at radius 2 is 1.59 bits per heavy atom. The lowest BCUT2D eigenvalue weighted by Crippen LogP contribution is -2.32. The molecule has 0 aliphatic rings. The molecule has 4 rings (SSSR count). The number of Topliss-reactive ketones (excluding diaryl/α,β-unsaturated/α-hetero) is 1. The fraction of sp³-hybridized carbons (Fsp3) is 0.185. The Morgan fingerprint density at radius 1 is 0.912 bits per heavy atom. The van der Waals surface area contributed by atoms with Crippen LogP contribution >= 0.6 is 0 Å². The molecule has 6 nitrogen and oxygen atoms in total. The summed E-state index contributed by atoms with van der Waals surface area (Å²) in [7, 11) is -3.96. The molecule has 1 N–H and O–H groups in total. The van der Waals surface area contributed by atoms with Gasteiger partial charge in [-0.2, -0.15) is 4.31 Å². The second-order valence-electron chi connectivity index (χ2n) is 8.51. The minimum Gasteiger partial charge on any atom is -0.322 e. The first kappa shape index (κ1) is 23.6. The monoisotopic (exact) mass is 474 g/mol. The van der Waals surface area contributed by atoms with Gasteiger partial charge in [0.2, 0.25) is 10.0 Å². The first-order chi connectivity index (χ1) is 16.1. The molecule has 0 bridgehead atoms. The molecule has 7 heteroatoms. The Balaban J connectivity index is 1.78. The standard InChI is InChI=1S/C27H26N2O4S/c1-18-13-19(2)25-15-23(27(31)28-26(25)14-18)17-29(16-21-7-5-4-6-8-21)34(32,33)24-11-9-22(10-12-24)20(3)30/h4-15H,16-17H2,1-3H3,(H,28,31). The summed E-state index contributed by atoms with van der Waals surface area (Å²) in [6.07, 6.45) is 0. The summed E-state index contributed by atoms with van der Waals surface area (Å²) in [5.41, 5.74) is 4.04. The Bertz CT molecular complexity index is 1520. The SMILES string of the molecule is CC(=O)c1ccc(S(=O)(=O)N(Cc2ccccc2)Cc2cc3c(C)cc(C)cc3[nH]c2=O)cc1. The smallest absolute Gasteiger partial charge is 0.252 e. The molecular formula is C27H26N2O4S. The highest BCUT2D eigenvalue weighted by Crippen LogP contribution is 2.23. The van der Waals surface area contributed by atoms with Gasteiger partial charge in [-0.05, 0) is 61.7 Å². The van der Waals surface area contributed by atoms with Crippen LogP contribution in [-0.2, 0) is 23.1 Å². The summed E-state index contributed by atoms with van der Waals surface area (Å²) >= 11 is 0. The molecule has 0 fully saturated rings. The second-order valence-corrected chi connectivity index (χ2v) is 10.4. The van der Waals surface area contributed by atoms with E-state index >= 15 is 0 Å². The third kappa shape index (κ3) is 4.85. The average molecular weight is 475 g/mol. The molecule has 0 amide bonds. The molecular weight excluding hydrogens is 448 g/mol. The van der Waals surface area contributed by atoms with E-state index in [9.17, 15) is 18.0 Å². The fourth-order valence-electron chi connectivity index (χ4n) is 4.05. The number of ketones is 1. The Morgan fingerprint density at radius 3 is 2.24 bits per heavy atom. The first-order valence-corrected chi connectivity index (χ1v) is 12.4. The molecule has 0 saturated carbocycles. The van der Waals surface area contributed by atoms with Crippen LogP contribution in [0.5, 0.6) is 0 Å². The number of aromatic nitrogens is 1. The van der Waals surface area contributed by atoms with Crippen molar-refractivity contribution >= 4 is 26.7 Å². The third-order valence-electron chi connectivity index (χ3n) is 5.84. The summed E-state index contributed by atoms with van der Waals surface area (Å²) in [5, 5.41) is 0.878. The molecule has 0 atom stereocenters. The number of aromatic amines is 1. The van der Waals surface area contributed by atoms with Gasteiger partial charge in [0.05, 0.1) is 4.90 Å². The number of carbonyl (C=O) groups excluding carboxylic acids is 1. The summed E-state index contributed by atoms with van der Waals surface area (Å²) in [6, 6.07) is 20.8. The van der Waals surface area contributed by atoms with E-state index in [1.165, 1.54) is 35.5 Å². The highest BCUT2D eigenvalue weighted by Gasteiger charge is 2.26. The van der Waals surface area contributed by atoms with Gasteiger partial charge in [-0.15, -0.1) is 0 Å². The summed E-state index contributed by atoms with van der Waals surface area (Å²) in [4.78, 5) is 27.5. The number of sulfonamides is 1. The predicted octanol–water partition coefficient (Wildman–Crippen LogP) is 4.74. The highest BCUT2D eigenvalue weighted by atomic mass is 32.2. The van der Waals surface area contributed by atoms with Gasteiger partial charge in [-0.25, -0.2) is 8.42 Å². The van der Waals surface area contributed by atoms with E-state index in [1.54, 1.807) is 6.07 Å². The number of rotatable bonds is 7. The normalized spacial score (nSPS) is 11.8. The van der Waals surface area contributed by atoms with Gasteiger partial charge in [-0.3, -0.25) is 9.59 Å². The molecule has 0 aliphatic heterocycles. The number of pyridine rings is 1. The molecule has 34 heavy (non-hydrogen) atoms. The fourth-order valence-corrected chi connectivity index (χ4v) is 5.45. The lowest BCUT2D eigenvalue weighted by atomic mass is 10.0. The molecule has 174 valence electrons. The Labute approximate surface area is 198 Å². The van der Waals surface area contributed by atoms with Crippen LogP contribution in [0.15, 0.2) is 82.5 Å². The number of H-pyrrole nitrogens is 1. The maximum Gasteiger partial charge on any atom is 0.252 e. The van der Waals surface area contributed by atoms with Crippen molar-refractivity contribution in [3.63, 3.8) is 0 Å². The zero-order chi connectivity index (χ0) is 24.5. The largest absolute Gasteiger partial charge is 0.322 e. The van der Waals surface area contributed by atoms with Gasteiger partial charge >= 0.3 is 0 Å². The van der Waals surface area contributed by atoms with Crippen LogP contribution < -0.4 is 5.56 Å².